The zero-order valence-corrected chi connectivity index (χ0v) is 14.7. The number of hydrazone groups is 1. The topological polar surface area (TPSA) is 71.2 Å². The molecule has 134 valence electrons. The molecule has 2 aliphatic rings. The normalized spacial score (nSPS) is 22.5. The Labute approximate surface area is 147 Å². The predicted octanol–water partition coefficient (Wildman–Crippen LogP) is 2.48. The van der Waals surface area contributed by atoms with Crippen LogP contribution in [0.1, 0.15) is 23.1 Å². The van der Waals surface area contributed by atoms with Crippen molar-refractivity contribution in [3.8, 4) is 0 Å². The van der Waals surface area contributed by atoms with Gasteiger partial charge >= 0.3 is 0 Å². The molecule has 0 aromatic heterocycles. The molecule has 1 unspecified atom stereocenters. The second kappa shape index (κ2) is 7.65. The lowest BCUT2D eigenvalue weighted by molar-refractivity contribution is -0.486. The quantitative estimate of drug-likeness (QED) is 0.606. The van der Waals surface area contributed by atoms with Crippen LogP contribution in [0.4, 0.5) is 0 Å². The molecule has 0 saturated carbocycles. The van der Waals surface area contributed by atoms with Crippen LogP contribution in [-0.4, -0.2) is 53.6 Å². The smallest absolute Gasteiger partial charge is 0.278 e. The van der Waals surface area contributed by atoms with E-state index in [0.29, 0.717) is 18.4 Å². The molecule has 0 aliphatic carbocycles. The summed E-state index contributed by atoms with van der Waals surface area (Å²) < 4.78 is 5.41. The first-order valence-corrected chi connectivity index (χ1v) is 8.60. The molecule has 7 heteroatoms. The second-order valence-corrected chi connectivity index (χ2v) is 6.67. The Balaban J connectivity index is 1.73. The van der Waals surface area contributed by atoms with E-state index in [4.69, 9.17) is 4.74 Å². The molecule has 0 radical (unpaired) electrons. The number of hydrogen-bond acceptors (Lipinski definition) is 3. The third-order valence-electron chi connectivity index (χ3n) is 4.80. The largest absolute Gasteiger partial charge is 0.381 e. The molecular weight excluding hydrogens is 320 g/mol. The summed E-state index contributed by atoms with van der Waals surface area (Å²) in [6, 6.07) is 6.24. The molecular formula is C18H24N4O3. The summed E-state index contributed by atoms with van der Waals surface area (Å²) in [6.45, 7) is 7.84. The summed E-state index contributed by atoms with van der Waals surface area (Å²) in [5.41, 5.74) is 3.55. The number of ether oxygens (including phenoxy) is 1. The third-order valence-corrected chi connectivity index (χ3v) is 4.80. The van der Waals surface area contributed by atoms with Crippen molar-refractivity contribution in [2.45, 2.75) is 20.3 Å². The highest BCUT2D eigenvalue weighted by molar-refractivity contribution is 5.83. The molecule has 0 amide bonds. The fourth-order valence-corrected chi connectivity index (χ4v) is 3.20. The third kappa shape index (κ3) is 4.36. The van der Waals surface area contributed by atoms with E-state index in [9.17, 15) is 10.1 Å². The van der Waals surface area contributed by atoms with Gasteiger partial charge in [0.1, 0.15) is 5.10 Å². The SMILES string of the molecule is Cc1ccc(C=CN2CCN(CC3CCOC3)C2=N[N+](=O)[O-])cc1C. The van der Waals surface area contributed by atoms with Crippen molar-refractivity contribution in [1.82, 2.24) is 9.80 Å². The summed E-state index contributed by atoms with van der Waals surface area (Å²) in [4.78, 5) is 14.8. The van der Waals surface area contributed by atoms with Crippen LogP contribution < -0.4 is 0 Å². The zero-order chi connectivity index (χ0) is 17.8. The van der Waals surface area contributed by atoms with Gasteiger partial charge in [-0.25, -0.2) is 10.1 Å². The highest BCUT2D eigenvalue weighted by Gasteiger charge is 2.31. The minimum atomic E-state index is -0.615. The summed E-state index contributed by atoms with van der Waals surface area (Å²) in [5.74, 6) is 0.831. The average molecular weight is 344 g/mol. The average Bonchev–Trinajstić information content (AvgIpc) is 3.20. The summed E-state index contributed by atoms with van der Waals surface area (Å²) in [7, 11) is 0. The van der Waals surface area contributed by atoms with Crippen LogP contribution in [0.15, 0.2) is 29.5 Å². The van der Waals surface area contributed by atoms with Crippen LogP contribution in [0.5, 0.6) is 0 Å². The number of guanidine groups is 1. The Hall–Kier alpha value is -2.41. The van der Waals surface area contributed by atoms with Crippen molar-refractivity contribution < 1.29 is 9.77 Å². The van der Waals surface area contributed by atoms with Crippen molar-refractivity contribution >= 4 is 12.0 Å². The Morgan fingerprint density at radius 2 is 2.20 bits per heavy atom. The van der Waals surface area contributed by atoms with Gasteiger partial charge in [0.25, 0.3) is 5.96 Å². The van der Waals surface area contributed by atoms with Crippen LogP contribution in [0.25, 0.3) is 6.08 Å². The van der Waals surface area contributed by atoms with Crippen LogP contribution in [0, 0.1) is 29.9 Å². The maximum absolute atomic E-state index is 11.0. The Kier molecular flexibility index (Phi) is 5.33. The van der Waals surface area contributed by atoms with Crippen LogP contribution >= 0.6 is 0 Å². The molecule has 0 bridgehead atoms. The van der Waals surface area contributed by atoms with Crippen molar-refractivity contribution in [1.29, 1.82) is 0 Å². The van der Waals surface area contributed by atoms with Gasteiger partial charge in [-0.2, -0.15) is 0 Å². The summed E-state index contributed by atoms with van der Waals surface area (Å²) >= 11 is 0. The van der Waals surface area contributed by atoms with E-state index in [1.165, 1.54) is 11.1 Å². The van der Waals surface area contributed by atoms with Crippen molar-refractivity contribution in [3.63, 3.8) is 0 Å². The van der Waals surface area contributed by atoms with E-state index >= 15 is 0 Å². The predicted molar refractivity (Wildman–Crippen MR) is 96.6 cm³/mol. The van der Waals surface area contributed by atoms with Gasteiger partial charge in [-0.15, -0.1) is 0 Å². The van der Waals surface area contributed by atoms with Gasteiger partial charge in [0.05, 0.1) is 6.61 Å². The number of benzene rings is 1. The fourth-order valence-electron chi connectivity index (χ4n) is 3.20. The van der Waals surface area contributed by atoms with Gasteiger partial charge in [-0.05, 0) is 43.0 Å². The summed E-state index contributed by atoms with van der Waals surface area (Å²) in [6.07, 6.45) is 4.86. The van der Waals surface area contributed by atoms with Gasteiger partial charge in [0, 0.05) is 38.4 Å². The molecule has 1 aromatic carbocycles. The molecule has 1 atom stereocenters. The number of nitrogens with zero attached hydrogens (tertiary/aromatic N) is 4. The monoisotopic (exact) mass is 344 g/mol. The lowest BCUT2D eigenvalue weighted by Gasteiger charge is -2.21. The Morgan fingerprint density at radius 3 is 2.88 bits per heavy atom. The Morgan fingerprint density at radius 1 is 1.36 bits per heavy atom. The second-order valence-electron chi connectivity index (χ2n) is 6.67. The number of hydrogen-bond donors (Lipinski definition) is 0. The van der Waals surface area contributed by atoms with Gasteiger partial charge in [-0.1, -0.05) is 18.2 Å². The van der Waals surface area contributed by atoms with E-state index in [0.717, 1.165) is 38.3 Å². The molecule has 2 saturated heterocycles. The van der Waals surface area contributed by atoms with Crippen molar-refractivity contribution in [3.05, 3.63) is 51.2 Å². The molecule has 7 nitrogen and oxygen atoms in total. The standard InChI is InChI=1S/C18H24N4O3/c1-14-3-4-16(11-15(14)2)5-7-20-8-9-21(18(20)19-22(23)24)12-17-6-10-25-13-17/h3-5,7,11,17H,6,8-10,12-13H2,1-2H3. The van der Waals surface area contributed by atoms with Crippen molar-refractivity contribution in [2.24, 2.45) is 11.0 Å². The molecule has 2 aliphatic heterocycles. The van der Waals surface area contributed by atoms with Gasteiger partial charge < -0.3 is 14.5 Å². The fraction of sp³-hybridized carbons (Fsp3) is 0.500. The van der Waals surface area contributed by atoms with E-state index in [1.807, 2.05) is 28.1 Å². The molecule has 2 fully saturated rings. The van der Waals surface area contributed by atoms with Crippen LogP contribution in [0.2, 0.25) is 0 Å². The minimum Gasteiger partial charge on any atom is -0.381 e. The molecule has 0 spiro atoms. The maximum atomic E-state index is 11.0. The Bertz CT molecular complexity index is 696. The van der Waals surface area contributed by atoms with E-state index < -0.39 is 5.03 Å². The number of nitro groups is 1. The van der Waals surface area contributed by atoms with Crippen LogP contribution in [0.3, 0.4) is 0 Å². The highest BCUT2D eigenvalue weighted by atomic mass is 16.7. The summed E-state index contributed by atoms with van der Waals surface area (Å²) in [5, 5.41) is 14.0. The highest BCUT2D eigenvalue weighted by Crippen LogP contribution is 2.19. The lowest BCUT2D eigenvalue weighted by atomic mass is 10.1. The van der Waals surface area contributed by atoms with E-state index in [2.05, 4.69) is 31.1 Å². The van der Waals surface area contributed by atoms with E-state index in [-0.39, 0.29) is 0 Å². The first-order valence-electron chi connectivity index (χ1n) is 8.60. The van der Waals surface area contributed by atoms with Gasteiger partial charge in [0.2, 0.25) is 0 Å². The van der Waals surface area contributed by atoms with E-state index in [1.54, 1.807) is 0 Å². The first kappa shape index (κ1) is 17.4. The maximum Gasteiger partial charge on any atom is 0.278 e. The molecule has 1 aromatic rings. The lowest BCUT2D eigenvalue weighted by Crippen LogP contribution is -2.35. The first-order chi connectivity index (χ1) is 12.0. The number of aryl methyl sites for hydroxylation is 2. The van der Waals surface area contributed by atoms with Crippen LogP contribution in [-0.2, 0) is 4.74 Å². The number of rotatable bonds is 5. The molecule has 2 heterocycles. The van der Waals surface area contributed by atoms with Gasteiger partial charge in [0.15, 0.2) is 5.03 Å². The van der Waals surface area contributed by atoms with Gasteiger partial charge in [-0.3, -0.25) is 0 Å². The molecule has 25 heavy (non-hydrogen) atoms. The zero-order valence-electron chi connectivity index (χ0n) is 14.7. The molecule has 3 rings (SSSR count). The molecule has 0 N–H and O–H groups in total. The minimum absolute atomic E-state index is 0.414. The van der Waals surface area contributed by atoms with Crippen molar-refractivity contribution in [2.75, 3.05) is 32.8 Å².